The van der Waals surface area contributed by atoms with Crippen molar-refractivity contribution in [2.45, 2.75) is 0 Å². The molecule has 6 nitrogen and oxygen atoms in total. The molecule has 0 aliphatic rings. The minimum Gasteiger partial charge on any atom is -0.341 e. The van der Waals surface area contributed by atoms with Crippen molar-refractivity contribution in [1.29, 1.82) is 0 Å². The third-order valence-corrected chi connectivity index (χ3v) is 2.26. The Balaban J connectivity index is 2.33. The fourth-order valence-corrected chi connectivity index (χ4v) is 1.45. The van der Waals surface area contributed by atoms with E-state index >= 15 is 0 Å². The molecule has 0 atom stereocenters. The van der Waals surface area contributed by atoms with Gasteiger partial charge in [0.15, 0.2) is 0 Å². The Labute approximate surface area is 93.7 Å². The number of aromatic nitrogens is 4. The number of anilines is 1. The lowest BCUT2D eigenvalue weighted by Gasteiger charge is -2.16. The Morgan fingerprint density at radius 2 is 2.06 bits per heavy atom. The number of hydrogen-bond donors (Lipinski definition) is 1. The molecule has 0 saturated carbocycles. The zero-order chi connectivity index (χ0) is 11.4. The predicted octanol–water partition coefficient (Wildman–Crippen LogP) is 0.0572. The molecule has 0 fully saturated rings. The molecule has 1 aromatic heterocycles. The van der Waals surface area contributed by atoms with Gasteiger partial charge in [-0.1, -0.05) is 23.3 Å². The highest BCUT2D eigenvalue weighted by molar-refractivity contribution is 5.39. The van der Waals surface area contributed by atoms with E-state index in [-0.39, 0.29) is 0 Å². The van der Waals surface area contributed by atoms with Gasteiger partial charge in [-0.2, -0.15) is 4.68 Å². The van der Waals surface area contributed by atoms with Crippen molar-refractivity contribution in [3.05, 3.63) is 30.3 Å². The molecule has 0 radical (unpaired) electrons. The standard InChI is InChI=1S/C10H14N6/c1-15(8-7-11)10-12-13-14-16(10)9-5-3-2-4-6-9/h2-6H,7-8,11H2,1H3. The highest BCUT2D eigenvalue weighted by Gasteiger charge is 2.11. The van der Waals surface area contributed by atoms with Gasteiger partial charge < -0.3 is 10.6 Å². The van der Waals surface area contributed by atoms with Crippen LogP contribution in [0.1, 0.15) is 0 Å². The van der Waals surface area contributed by atoms with E-state index in [9.17, 15) is 0 Å². The number of nitrogens with zero attached hydrogens (tertiary/aromatic N) is 5. The van der Waals surface area contributed by atoms with Crippen LogP contribution in [-0.2, 0) is 0 Å². The SMILES string of the molecule is CN(CCN)c1nnnn1-c1ccccc1. The van der Waals surface area contributed by atoms with Crippen LogP contribution in [0.2, 0.25) is 0 Å². The molecule has 1 aromatic carbocycles. The molecule has 16 heavy (non-hydrogen) atoms. The van der Waals surface area contributed by atoms with Gasteiger partial charge in [0.2, 0.25) is 5.95 Å². The molecule has 1 heterocycles. The number of rotatable bonds is 4. The van der Waals surface area contributed by atoms with E-state index in [1.807, 2.05) is 42.3 Å². The van der Waals surface area contributed by atoms with Crippen LogP contribution in [0, 0.1) is 0 Å². The molecule has 0 saturated heterocycles. The van der Waals surface area contributed by atoms with Crippen LogP contribution in [-0.4, -0.2) is 40.3 Å². The van der Waals surface area contributed by atoms with Gasteiger partial charge in [-0.25, -0.2) is 0 Å². The summed E-state index contributed by atoms with van der Waals surface area (Å²) in [4.78, 5) is 1.92. The van der Waals surface area contributed by atoms with E-state index in [1.54, 1.807) is 4.68 Å². The van der Waals surface area contributed by atoms with Crippen LogP contribution in [0.5, 0.6) is 0 Å². The van der Waals surface area contributed by atoms with Crippen LogP contribution < -0.4 is 10.6 Å². The topological polar surface area (TPSA) is 72.9 Å². The molecule has 2 rings (SSSR count). The van der Waals surface area contributed by atoms with Gasteiger partial charge in [-0.3, -0.25) is 0 Å². The van der Waals surface area contributed by atoms with Crippen molar-refractivity contribution in [1.82, 2.24) is 20.2 Å². The number of para-hydroxylation sites is 1. The Kier molecular flexibility index (Phi) is 3.11. The first-order valence-electron chi connectivity index (χ1n) is 5.08. The fourth-order valence-electron chi connectivity index (χ4n) is 1.45. The van der Waals surface area contributed by atoms with Gasteiger partial charge in [-0.15, -0.1) is 0 Å². The Bertz CT molecular complexity index is 438. The maximum absolute atomic E-state index is 5.50. The summed E-state index contributed by atoms with van der Waals surface area (Å²) in [6.07, 6.45) is 0. The van der Waals surface area contributed by atoms with Gasteiger partial charge in [0.1, 0.15) is 0 Å². The van der Waals surface area contributed by atoms with E-state index in [2.05, 4.69) is 15.5 Å². The number of benzene rings is 1. The summed E-state index contributed by atoms with van der Waals surface area (Å²) in [5, 5.41) is 11.6. The van der Waals surface area contributed by atoms with E-state index < -0.39 is 0 Å². The lowest BCUT2D eigenvalue weighted by atomic mass is 10.3. The second kappa shape index (κ2) is 4.71. The molecule has 0 aliphatic carbocycles. The molecule has 0 aliphatic heterocycles. The Hall–Kier alpha value is -1.95. The number of tetrazole rings is 1. The van der Waals surface area contributed by atoms with Gasteiger partial charge in [0.05, 0.1) is 5.69 Å². The van der Waals surface area contributed by atoms with E-state index in [4.69, 9.17) is 5.73 Å². The summed E-state index contributed by atoms with van der Waals surface area (Å²) < 4.78 is 1.69. The highest BCUT2D eigenvalue weighted by Crippen LogP contribution is 2.12. The molecule has 84 valence electrons. The van der Waals surface area contributed by atoms with Crippen LogP contribution in [0.4, 0.5) is 5.95 Å². The van der Waals surface area contributed by atoms with Crippen molar-refractivity contribution in [2.24, 2.45) is 5.73 Å². The van der Waals surface area contributed by atoms with Crippen molar-refractivity contribution in [3.63, 3.8) is 0 Å². The predicted molar refractivity (Wildman–Crippen MR) is 61.5 cm³/mol. The fraction of sp³-hybridized carbons (Fsp3) is 0.300. The quantitative estimate of drug-likeness (QED) is 0.785. The second-order valence-corrected chi connectivity index (χ2v) is 3.44. The number of hydrogen-bond acceptors (Lipinski definition) is 5. The van der Waals surface area contributed by atoms with Gasteiger partial charge in [0.25, 0.3) is 0 Å². The molecule has 0 unspecified atom stereocenters. The summed E-state index contributed by atoms with van der Waals surface area (Å²) in [5.41, 5.74) is 6.44. The maximum Gasteiger partial charge on any atom is 0.250 e. The molecule has 6 heteroatoms. The number of nitrogens with two attached hydrogens (primary N) is 1. The molecular weight excluding hydrogens is 204 g/mol. The van der Waals surface area contributed by atoms with E-state index in [1.165, 1.54) is 0 Å². The smallest absolute Gasteiger partial charge is 0.250 e. The maximum atomic E-state index is 5.50. The summed E-state index contributed by atoms with van der Waals surface area (Å²) in [7, 11) is 1.91. The Morgan fingerprint density at radius 3 is 2.75 bits per heavy atom. The Morgan fingerprint density at radius 1 is 1.31 bits per heavy atom. The summed E-state index contributed by atoms with van der Waals surface area (Å²) in [6, 6.07) is 9.76. The molecular formula is C10H14N6. The first-order valence-corrected chi connectivity index (χ1v) is 5.08. The molecule has 0 spiro atoms. The molecule has 0 bridgehead atoms. The third kappa shape index (κ3) is 2.01. The summed E-state index contributed by atoms with van der Waals surface area (Å²) >= 11 is 0. The molecule has 2 N–H and O–H groups in total. The van der Waals surface area contributed by atoms with Crippen LogP contribution in [0.15, 0.2) is 30.3 Å². The zero-order valence-corrected chi connectivity index (χ0v) is 9.11. The number of likely N-dealkylation sites (N-methyl/N-ethyl adjacent to an activating group) is 1. The second-order valence-electron chi connectivity index (χ2n) is 3.44. The average Bonchev–Trinajstić information content (AvgIpc) is 2.79. The van der Waals surface area contributed by atoms with Crippen molar-refractivity contribution < 1.29 is 0 Å². The van der Waals surface area contributed by atoms with E-state index in [0.717, 1.165) is 5.69 Å². The lowest BCUT2D eigenvalue weighted by molar-refractivity contribution is 0.770. The van der Waals surface area contributed by atoms with E-state index in [0.29, 0.717) is 19.0 Å². The summed E-state index contributed by atoms with van der Waals surface area (Å²) in [6.45, 7) is 1.28. The largest absolute Gasteiger partial charge is 0.341 e. The molecule has 2 aromatic rings. The van der Waals surface area contributed by atoms with Gasteiger partial charge in [-0.05, 0) is 22.6 Å². The van der Waals surface area contributed by atoms with Crippen molar-refractivity contribution >= 4 is 5.95 Å². The highest BCUT2D eigenvalue weighted by atomic mass is 15.6. The minimum absolute atomic E-state index is 0.568. The molecule has 0 amide bonds. The first-order chi connectivity index (χ1) is 7.83. The normalized spacial score (nSPS) is 10.4. The van der Waals surface area contributed by atoms with Crippen molar-refractivity contribution in [2.75, 3.05) is 25.0 Å². The minimum atomic E-state index is 0.568. The van der Waals surface area contributed by atoms with Crippen molar-refractivity contribution in [3.8, 4) is 5.69 Å². The van der Waals surface area contributed by atoms with Crippen LogP contribution in [0.25, 0.3) is 5.69 Å². The first kappa shape index (κ1) is 10.6. The van der Waals surface area contributed by atoms with Crippen LogP contribution in [0.3, 0.4) is 0 Å². The lowest BCUT2D eigenvalue weighted by Crippen LogP contribution is -2.27. The van der Waals surface area contributed by atoms with Gasteiger partial charge in [0, 0.05) is 20.1 Å². The van der Waals surface area contributed by atoms with Gasteiger partial charge >= 0.3 is 0 Å². The third-order valence-electron chi connectivity index (χ3n) is 2.26. The zero-order valence-electron chi connectivity index (χ0n) is 9.11. The van der Waals surface area contributed by atoms with Crippen LogP contribution >= 0.6 is 0 Å². The average molecular weight is 218 g/mol. The summed E-state index contributed by atoms with van der Waals surface area (Å²) in [5.74, 6) is 0.691. The monoisotopic (exact) mass is 218 g/mol.